The van der Waals surface area contributed by atoms with Crippen LogP contribution < -0.4 is 0 Å². The number of imidazole rings is 1. The van der Waals surface area contributed by atoms with Crippen molar-refractivity contribution >= 4 is 11.0 Å². The molecule has 1 saturated carbocycles. The molecule has 0 atom stereocenters. The van der Waals surface area contributed by atoms with Crippen molar-refractivity contribution in [3.05, 3.63) is 54.4 Å². The van der Waals surface area contributed by atoms with E-state index in [4.69, 9.17) is 4.98 Å². The fourth-order valence-electron chi connectivity index (χ4n) is 2.71. The van der Waals surface area contributed by atoms with Crippen LogP contribution in [0, 0.1) is 0 Å². The van der Waals surface area contributed by atoms with Crippen molar-refractivity contribution in [3.8, 4) is 11.4 Å². The molecule has 1 N–H and O–H groups in total. The van der Waals surface area contributed by atoms with E-state index in [-0.39, 0.29) is 11.2 Å². The van der Waals surface area contributed by atoms with Crippen molar-refractivity contribution < 1.29 is 5.11 Å². The minimum Gasteiger partial charge on any atom is -0.508 e. The molecule has 1 aromatic heterocycles. The van der Waals surface area contributed by atoms with Crippen LogP contribution in [0.2, 0.25) is 0 Å². The Bertz CT molecular complexity index is 782. The van der Waals surface area contributed by atoms with Gasteiger partial charge in [0.2, 0.25) is 0 Å². The number of para-hydroxylation sites is 2. The summed E-state index contributed by atoms with van der Waals surface area (Å²) in [4.78, 5) is 4.85. The van der Waals surface area contributed by atoms with Crippen molar-refractivity contribution in [1.29, 1.82) is 0 Å². The number of aromatic hydroxyl groups is 1. The lowest BCUT2D eigenvalue weighted by Gasteiger charge is -2.13. The number of aromatic nitrogens is 2. The molecular formula is C17H16N2O. The number of nitrogens with zero attached hydrogens (tertiary/aromatic N) is 2. The number of rotatable bonds is 2. The first-order valence-corrected chi connectivity index (χ1v) is 6.95. The standard InChI is InChI=1S/C17H16N2O/c1-17(10-11-17)16-18-14-4-2-3-5-15(14)19(16)12-6-8-13(20)9-7-12/h2-9,20H,10-11H2,1H3. The highest BCUT2D eigenvalue weighted by molar-refractivity contribution is 5.78. The molecule has 0 aliphatic heterocycles. The predicted octanol–water partition coefficient (Wildman–Crippen LogP) is 3.78. The first kappa shape index (κ1) is 11.5. The zero-order valence-electron chi connectivity index (χ0n) is 11.4. The number of hydrogen-bond acceptors (Lipinski definition) is 2. The average Bonchev–Trinajstić information content (AvgIpc) is 3.09. The first-order valence-electron chi connectivity index (χ1n) is 6.95. The second-order valence-electron chi connectivity index (χ2n) is 5.84. The Hall–Kier alpha value is -2.29. The van der Waals surface area contributed by atoms with E-state index >= 15 is 0 Å². The molecule has 1 aliphatic rings. The molecule has 2 aromatic carbocycles. The van der Waals surface area contributed by atoms with Crippen LogP contribution >= 0.6 is 0 Å². The summed E-state index contributed by atoms with van der Waals surface area (Å²) in [5, 5.41) is 9.48. The Morgan fingerprint density at radius 1 is 1.05 bits per heavy atom. The zero-order chi connectivity index (χ0) is 13.7. The highest BCUT2D eigenvalue weighted by Gasteiger charge is 2.43. The number of benzene rings is 2. The van der Waals surface area contributed by atoms with Crippen molar-refractivity contribution in [1.82, 2.24) is 9.55 Å². The maximum atomic E-state index is 9.48. The molecule has 0 amide bonds. The van der Waals surface area contributed by atoms with Crippen molar-refractivity contribution in [3.63, 3.8) is 0 Å². The van der Waals surface area contributed by atoms with Crippen LogP contribution in [0.4, 0.5) is 0 Å². The predicted molar refractivity (Wildman–Crippen MR) is 79.3 cm³/mol. The van der Waals surface area contributed by atoms with E-state index in [1.165, 1.54) is 12.8 Å². The topological polar surface area (TPSA) is 38.0 Å². The quantitative estimate of drug-likeness (QED) is 0.765. The summed E-state index contributed by atoms with van der Waals surface area (Å²) in [6, 6.07) is 15.6. The second-order valence-corrected chi connectivity index (χ2v) is 5.84. The van der Waals surface area contributed by atoms with Crippen LogP contribution in [-0.2, 0) is 5.41 Å². The van der Waals surface area contributed by atoms with E-state index in [2.05, 4.69) is 23.6 Å². The minimum absolute atomic E-state index is 0.191. The van der Waals surface area contributed by atoms with Gasteiger partial charge in [0, 0.05) is 11.1 Å². The van der Waals surface area contributed by atoms with Gasteiger partial charge < -0.3 is 5.11 Å². The minimum atomic E-state index is 0.191. The van der Waals surface area contributed by atoms with Gasteiger partial charge in [0.1, 0.15) is 11.6 Å². The maximum absolute atomic E-state index is 9.48. The lowest BCUT2D eigenvalue weighted by molar-refractivity contribution is 0.475. The highest BCUT2D eigenvalue weighted by atomic mass is 16.3. The molecule has 0 radical (unpaired) electrons. The Balaban J connectivity index is 2.02. The smallest absolute Gasteiger partial charge is 0.120 e. The molecule has 1 fully saturated rings. The Morgan fingerprint density at radius 3 is 2.45 bits per heavy atom. The van der Waals surface area contributed by atoms with Crippen LogP contribution in [0.25, 0.3) is 16.7 Å². The van der Waals surface area contributed by atoms with Crippen LogP contribution in [0.1, 0.15) is 25.6 Å². The third-order valence-corrected chi connectivity index (χ3v) is 4.21. The van der Waals surface area contributed by atoms with E-state index in [1.807, 2.05) is 24.3 Å². The van der Waals surface area contributed by atoms with Gasteiger partial charge in [-0.05, 0) is 49.2 Å². The van der Waals surface area contributed by atoms with Gasteiger partial charge in [0.05, 0.1) is 11.0 Å². The van der Waals surface area contributed by atoms with Crippen LogP contribution in [-0.4, -0.2) is 14.7 Å². The monoisotopic (exact) mass is 264 g/mol. The molecule has 20 heavy (non-hydrogen) atoms. The van der Waals surface area contributed by atoms with Gasteiger partial charge in [-0.25, -0.2) is 4.98 Å². The maximum Gasteiger partial charge on any atom is 0.120 e. The SMILES string of the molecule is CC1(c2nc3ccccc3n2-c2ccc(O)cc2)CC1. The van der Waals surface area contributed by atoms with Gasteiger partial charge in [-0.15, -0.1) is 0 Å². The summed E-state index contributed by atoms with van der Waals surface area (Å²) in [6.45, 7) is 2.27. The van der Waals surface area contributed by atoms with Crippen LogP contribution in [0.15, 0.2) is 48.5 Å². The van der Waals surface area contributed by atoms with Gasteiger partial charge >= 0.3 is 0 Å². The molecule has 0 unspecified atom stereocenters. The molecule has 0 bridgehead atoms. The molecule has 0 saturated heterocycles. The van der Waals surface area contributed by atoms with Crippen LogP contribution in [0.3, 0.4) is 0 Å². The van der Waals surface area contributed by atoms with Gasteiger partial charge in [-0.2, -0.15) is 0 Å². The molecule has 3 nitrogen and oxygen atoms in total. The largest absolute Gasteiger partial charge is 0.508 e. The number of phenols is 1. The lowest BCUT2D eigenvalue weighted by Crippen LogP contribution is -2.10. The Labute approximate surface area is 117 Å². The fourth-order valence-corrected chi connectivity index (χ4v) is 2.71. The van der Waals surface area contributed by atoms with E-state index in [1.54, 1.807) is 12.1 Å². The normalized spacial score (nSPS) is 16.4. The fraction of sp³-hybridized carbons (Fsp3) is 0.235. The molecular weight excluding hydrogens is 248 g/mol. The van der Waals surface area contributed by atoms with Gasteiger partial charge in [-0.1, -0.05) is 19.1 Å². The highest BCUT2D eigenvalue weighted by Crippen LogP contribution is 2.48. The zero-order valence-corrected chi connectivity index (χ0v) is 11.4. The van der Waals surface area contributed by atoms with Crippen molar-refractivity contribution in [2.24, 2.45) is 0 Å². The molecule has 3 aromatic rings. The Morgan fingerprint density at radius 2 is 1.75 bits per heavy atom. The van der Waals surface area contributed by atoms with E-state index in [0.717, 1.165) is 22.5 Å². The summed E-state index contributed by atoms with van der Waals surface area (Å²) >= 11 is 0. The molecule has 1 aliphatic carbocycles. The van der Waals surface area contributed by atoms with E-state index in [0.29, 0.717) is 0 Å². The molecule has 100 valence electrons. The summed E-state index contributed by atoms with van der Waals surface area (Å²) < 4.78 is 2.22. The van der Waals surface area contributed by atoms with Crippen LogP contribution in [0.5, 0.6) is 5.75 Å². The molecule has 4 rings (SSSR count). The third kappa shape index (κ3) is 1.63. The van der Waals surface area contributed by atoms with Gasteiger partial charge in [0.25, 0.3) is 0 Å². The van der Waals surface area contributed by atoms with Crippen molar-refractivity contribution in [2.75, 3.05) is 0 Å². The third-order valence-electron chi connectivity index (χ3n) is 4.21. The summed E-state index contributed by atoms with van der Waals surface area (Å²) in [5.74, 6) is 1.42. The summed E-state index contributed by atoms with van der Waals surface area (Å²) in [5.41, 5.74) is 3.40. The molecule has 3 heteroatoms. The summed E-state index contributed by atoms with van der Waals surface area (Å²) in [7, 11) is 0. The first-order chi connectivity index (χ1) is 9.67. The Kier molecular flexibility index (Phi) is 2.22. The molecule has 0 spiro atoms. The van der Waals surface area contributed by atoms with E-state index < -0.39 is 0 Å². The number of hydrogen-bond donors (Lipinski definition) is 1. The van der Waals surface area contributed by atoms with Gasteiger partial charge in [0.15, 0.2) is 0 Å². The lowest BCUT2D eigenvalue weighted by atomic mass is 10.1. The summed E-state index contributed by atoms with van der Waals surface area (Å²) in [6.07, 6.45) is 2.38. The van der Waals surface area contributed by atoms with Gasteiger partial charge in [-0.3, -0.25) is 4.57 Å². The average molecular weight is 264 g/mol. The van der Waals surface area contributed by atoms with Crippen molar-refractivity contribution in [2.45, 2.75) is 25.2 Å². The number of fused-ring (bicyclic) bond motifs is 1. The number of phenolic OH excluding ortho intramolecular Hbond substituents is 1. The van der Waals surface area contributed by atoms with E-state index in [9.17, 15) is 5.11 Å². The second kappa shape index (κ2) is 3.85. The molecule has 1 heterocycles.